The number of aliphatic hydroxyl groups excluding tert-OH is 3. The Morgan fingerprint density at radius 2 is 1.87 bits per heavy atom. The van der Waals surface area contributed by atoms with Crippen LogP contribution in [-0.4, -0.2) is 33.6 Å². The standard InChI is InChI=1S/C27H44O3/c1-17(2)25(29)13-8-18(3)23-11-12-24-20(7-6-14-27(23,24)5)9-10-21-15-22(28)16-26(30)19(21)4/h9-10,17-18,22-26,28-30H,4,6-8,11-16H2,1-3,5H3/b20-9-,21-10-/t18-,22+,23+,24+,25-,26-,27-/m0/s1. The van der Waals surface area contributed by atoms with Crippen molar-refractivity contribution in [3.8, 4) is 0 Å². The molecule has 3 aliphatic carbocycles. The molecule has 3 nitrogen and oxygen atoms in total. The number of hydrogen-bond acceptors (Lipinski definition) is 3. The second-order valence-corrected chi connectivity index (χ2v) is 11.0. The van der Waals surface area contributed by atoms with Gasteiger partial charge in [0.15, 0.2) is 0 Å². The molecule has 170 valence electrons. The SMILES string of the molecule is C=C1/C(=C\C=C2\CCC[C@]3(C)[C@@H]2CC[C@@H]3[C@@H](C)CC[C@H](O)C(C)C)C[C@@H](O)C[C@@H]1O. The minimum atomic E-state index is -0.618. The van der Waals surface area contributed by atoms with Gasteiger partial charge in [0.25, 0.3) is 0 Å². The van der Waals surface area contributed by atoms with Crippen molar-refractivity contribution < 1.29 is 15.3 Å². The topological polar surface area (TPSA) is 60.7 Å². The monoisotopic (exact) mass is 416 g/mol. The number of allylic oxidation sites excluding steroid dienone is 3. The molecule has 3 heteroatoms. The molecule has 3 aliphatic rings. The molecule has 0 aliphatic heterocycles. The summed E-state index contributed by atoms with van der Waals surface area (Å²) in [6.45, 7) is 13.2. The van der Waals surface area contributed by atoms with Crippen molar-refractivity contribution in [3.05, 3.63) is 35.5 Å². The average Bonchev–Trinajstić information content (AvgIpc) is 3.04. The Kier molecular flexibility index (Phi) is 7.69. The van der Waals surface area contributed by atoms with Crippen LogP contribution < -0.4 is 0 Å². The van der Waals surface area contributed by atoms with Crippen LogP contribution in [0.4, 0.5) is 0 Å². The minimum absolute atomic E-state index is 0.180. The highest BCUT2D eigenvalue weighted by Crippen LogP contribution is 2.60. The van der Waals surface area contributed by atoms with Gasteiger partial charge in [0, 0.05) is 6.42 Å². The van der Waals surface area contributed by atoms with Crippen molar-refractivity contribution in [3.63, 3.8) is 0 Å². The molecule has 0 amide bonds. The van der Waals surface area contributed by atoms with E-state index in [9.17, 15) is 15.3 Å². The molecular weight excluding hydrogens is 372 g/mol. The van der Waals surface area contributed by atoms with Gasteiger partial charge in [0.2, 0.25) is 0 Å². The fourth-order valence-corrected chi connectivity index (χ4v) is 6.65. The van der Waals surface area contributed by atoms with E-state index in [0.29, 0.717) is 36.0 Å². The molecule has 3 N–H and O–H groups in total. The fraction of sp³-hybridized carbons (Fsp3) is 0.778. The van der Waals surface area contributed by atoms with E-state index in [1.54, 1.807) is 5.57 Å². The highest BCUT2D eigenvalue weighted by molar-refractivity contribution is 5.38. The lowest BCUT2D eigenvalue weighted by atomic mass is 9.60. The predicted octanol–water partition coefficient (Wildman–Crippen LogP) is 5.56. The number of hydrogen-bond donors (Lipinski definition) is 3. The van der Waals surface area contributed by atoms with Crippen LogP contribution in [0.2, 0.25) is 0 Å². The van der Waals surface area contributed by atoms with Gasteiger partial charge >= 0.3 is 0 Å². The van der Waals surface area contributed by atoms with E-state index in [1.165, 1.54) is 25.7 Å². The van der Waals surface area contributed by atoms with Crippen LogP contribution in [0.15, 0.2) is 35.5 Å². The third-order valence-electron chi connectivity index (χ3n) is 8.68. The van der Waals surface area contributed by atoms with Gasteiger partial charge in [-0.15, -0.1) is 0 Å². The molecule has 0 saturated heterocycles. The van der Waals surface area contributed by atoms with Crippen LogP contribution in [0.5, 0.6) is 0 Å². The normalized spacial score (nSPS) is 39.5. The van der Waals surface area contributed by atoms with Gasteiger partial charge in [0.05, 0.1) is 18.3 Å². The molecule has 0 unspecified atom stereocenters. The van der Waals surface area contributed by atoms with Gasteiger partial charge in [-0.25, -0.2) is 0 Å². The van der Waals surface area contributed by atoms with Crippen LogP contribution in [-0.2, 0) is 0 Å². The van der Waals surface area contributed by atoms with Crippen molar-refractivity contribution in [1.29, 1.82) is 0 Å². The summed E-state index contributed by atoms with van der Waals surface area (Å²) >= 11 is 0. The van der Waals surface area contributed by atoms with Crippen molar-refractivity contribution >= 4 is 0 Å². The zero-order valence-corrected chi connectivity index (χ0v) is 19.6. The molecule has 0 radical (unpaired) electrons. The lowest BCUT2D eigenvalue weighted by Crippen LogP contribution is -2.36. The molecule has 0 heterocycles. The summed E-state index contributed by atoms with van der Waals surface area (Å²) in [5, 5.41) is 30.4. The van der Waals surface area contributed by atoms with Gasteiger partial charge in [-0.1, -0.05) is 52.0 Å². The molecule has 3 fully saturated rings. The van der Waals surface area contributed by atoms with Crippen molar-refractivity contribution in [2.45, 2.75) is 104 Å². The van der Waals surface area contributed by atoms with E-state index in [4.69, 9.17) is 0 Å². The lowest BCUT2D eigenvalue weighted by molar-refractivity contribution is 0.0717. The van der Waals surface area contributed by atoms with Crippen molar-refractivity contribution in [2.75, 3.05) is 0 Å². The van der Waals surface area contributed by atoms with Gasteiger partial charge in [0.1, 0.15) is 0 Å². The largest absolute Gasteiger partial charge is 0.393 e. The lowest BCUT2D eigenvalue weighted by Gasteiger charge is -2.44. The zero-order chi connectivity index (χ0) is 22.1. The number of rotatable bonds is 6. The van der Waals surface area contributed by atoms with Crippen LogP contribution in [0.25, 0.3) is 0 Å². The third kappa shape index (κ3) is 4.95. The Morgan fingerprint density at radius 1 is 1.13 bits per heavy atom. The Morgan fingerprint density at radius 3 is 2.57 bits per heavy atom. The smallest absolute Gasteiger partial charge is 0.0811 e. The Bertz CT molecular complexity index is 676. The van der Waals surface area contributed by atoms with Gasteiger partial charge in [-0.05, 0) is 91.6 Å². The summed E-state index contributed by atoms with van der Waals surface area (Å²) in [4.78, 5) is 0. The number of fused-ring (bicyclic) bond motifs is 1. The highest BCUT2D eigenvalue weighted by atomic mass is 16.3. The Balaban J connectivity index is 1.72. The maximum absolute atomic E-state index is 10.3. The van der Waals surface area contributed by atoms with Crippen LogP contribution in [0, 0.1) is 29.1 Å². The Labute approximate surface area is 184 Å². The summed E-state index contributed by atoms with van der Waals surface area (Å²) in [5.41, 5.74) is 3.69. The van der Waals surface area contributed by atoms with Crippen molar-refractivity contribution in [2.24, 2.45) is 29.1 Å². The summed E-state index contributed by atoms with van der Waals surface area (Å²) in [7, 11) is 0. The third-order valence-corrected chi connectivity index (χ3v) is 8.68. The molecule has 3 rings (SSSR count). The van der Waals surface area contributed by atoms with Gasteiger partial charge in [-0.3, -0.25) is 0 Å². The minimum Gasteiger partial charge on any atom is -0.393 e. The first-order chi connectivity index (χ1) is 14.1. The Hall–Kier alpha value is -0.900. The van der Waals surface area contributed by atoms with Crippen molar-refractivity contribution in [1.82, 2.24) is 0 Å². The van der Waals surface area contributed by atoms with Crippen LogP contribution >= 0.6 is 0 Å². The molecule has 7 atom stereocenters. The second kappa shape index (κ2) is 9.71. The van der Waals surface area contributed by atoms with E-state index in [0.717, 1.165) is 36.3 Å². The molecule has 0 spiro atoms. The van der Waals surface area contributed by atoms with E-state index in [2.05, 4.69) is 46.4 Å². The van der Waals surface area contributed by atoms with Gasteiger partial charge < -0.3 is 15.3 Å². The van der Waals surface area contributed by atoms with Gasteiger partial charge in [-0.2, -0.15) is 0 Å². The molecule has 0 aromatic carbocycles. The van der Waals surface area contributed by atoms with Crippen LogP contribution in [0.1, 0.15) is 85.5 Å². The first kappa shape index (κ1) is 23.8. The summed E-state index contributed by atoms with van der Waals surface area (Å²) in [6, 6.07) is 0. The molecule has 0 aromatic heterocycles. The predicted molar refractivity (Wildman–Crippen MR) is 124 cm³/mol. The van der Waals surface area contributed by atoms with E-state index >= 15 is 0 Å². The highest BCUT2D eigenvalue weighted by Gasteiger charge is 2.50. The first-order valence-electron chi connectivity index (χ1n) is 12.3. The van der Waals surface area contributed by atoms with E-state index in [-0.39, 0.29) is 6.10 Å². The second-order valence-electron chi connectivity index (χ2n) is 11.0. The number of aliphatic hydroxyl groups is 3. The maximum atomic E-state index is 10.3. The van der Waals surface area contributed by atoms with E-state index < -0.39 is 12.2 Å². The molecular formula is C27H44O3. The maximum Gasteiger partial charge on any atom is 0.0811 e. The first-order valence-corrected chi connectivity index (χ1v) is 12.3. The average molecular weight is 417 g/mol. The fourth-order valence-electron chi connectivity index (χ4n) is 6.65. The summed E-state index contributed by atoms with van der Waals surface area (Å²) in [6.07, 6.45) is 12.4. The van der Waals surface area contributed by atoms with Crippen LogP contribution in [0.3, 0.4) is 0 Å². The molecule has 0 aromatic rings. The summed E-state index contributed by atoms with van der Waals surface area (Å²) in [5.74, 6) is 2.35. The quantitative estimate of drug-likeness (QED) is 0.531. The zero-order valence-electron chi connectivity index (χ0n) is 19.6. The molecule has 0 bridgehead atoms. The molecule has 3 saturated carbocycles. The van der Waals surface area contributed by atoms with E-state index in [1.807, 2.05) is 0 Å². The summed E-state index contributed by atoms with van der Waals surface area (Å²) < 4.78 is 0. The molecule has 30 heavy (non-hydrogen) atoms.